The zero-order chi connectivity index (χ0) is 19.9. The molecule has 1 unspecified atom stereocenters. The third-order valence-corrected chi connectivity index (χ3v) is 8.96. The first-order valence-electron chi connectivity index (χ1n) is 9.98. The summed E-state index contributed by atoms with van der Waals surface area (Å²) in [4.78, 5) is 0. The van der Waals surface area contributed by atoms with E-state index in [1.54, 1.807) is 0 Å². The van der Waals surface area contributed by atoms with Gasteiger partial charge in [-0.1, -0.05) is 0 Å². The molecule has 150 valence electrons. The number of halogens is 1. The molecule has 2 N–H and O–H groups in total. The van der Waals surface area contributed by atoms with Crippen LogP contribution in [-0.2, 0) is 17.4 Å². The van der Waals surface area contributed by atoms with E-state index in [-0.39, 0.29) is 21.2 Å². The van der Waals surface area contributed by atoms with E-state index >= 15 is 0 Å². The van der Waals surface area contributed by atoms with Crippen molar-refractivity contribution in [3.63, 3.8) is 0 Å². The van der Waals surface area contributed by atoms with E-state index in [4.69, 9.17) is 5.10 Å². The second kappa shape index (κ2) is 7.39. The number of nitrogens with zero attached hydrogens (tertiary/aromatic N) is 4. The Bertz CT molecular complexity index is 1370. The van der Waals surface area contributed by atoms with Crippen molar-refractivity contribution in [2.45, 2.75) is 21.3 Å². The maximum absolute atomic E-state index is 4.70. The summed E-state index contributed by atoms with van der Waals surface area (Å²) in [6.07, 6.45) is 11.6. The molecule has 0 saturated carbocycles. The summed E-state index contributed by atoms with van der Waals surface area (Å²) in [6.45, 7) is 0.762. The summed E-state index contributed by atoms with van der Waals surface area (Å²) >= 11 is 0.00203. The van der Waals surface area contributed by atoms with Crippen molar-refractivity contribution in [3.8, 4) is 0 Å². The van der Waals surface area contributed by atoms with E-state index < -0.39 is 0 Å². The summed E-state index contributed by atoms with van der Waals surface area (Å²) in [5.74, 6) is 0. The molecule has 0 radical (unpaired) electrons. The summed E-state index contributed by atoms with van der Waals surface area (Å²) in [5, 5.41) is 21.7. The number of allylic oxidation sites excluding steroid dienone is 1. The molecule has 0 bridgehead atoms. The van der Waals surface area contributed by atoms with Crippen molar-refractivity contribution in [2.75, 3.05) is 0 Å². The minimum atomic E-state index is 0.00203. The van der Waals surface area contributed by atoms with Crippen LogP contribution < -0.4 is 21.2 Å². The molecular weight excluding hydrogens is 487 g/mol. The van der Waals surface area contributed by atoms with Gasteiger partial charge in [-0.15, -0.1) is 0 Å². The third-order valence-electron chi connectivity index (χ3n) is 5.72. The molecule has 1 aliphatic rings. The molecule has 5 aromatic rings. The molecule has 1 aliphatic carbocycles. The summed E-state index contributed by atoms with van der Waals surface area (Å²) in [6, 6.07) is 12.8. The molecule has 0 amide bonds. The van der Waals surface area contributed by atoms with Gasteiger partial charge < -0.3 is 0 Å². The predicted molar refractivity (Wildman–Crippen MR) is 114 cm³/mol. The van der Waals surface area contributed by atoms with Crippen LogP contribution in [0.1, 0.15) is 22.4 Å². The number of hydrogen-bond acceptors (Lipinski definition) is 3. The second-order valence-corrected chi connectivity index (χ2v) is 10.8. The number of H-pyrrole nitrogens is 2. The van der Waals surface area contributed by atoms with Crippen molar-refractivity contribution in [1.29, 1.82) is 0 Å². The van der Waals surface area contributed by atoms with Crippen LogP contribution in [0.15, 0.2) is 61.1 Å². The molecule has 3 heterocycles. The second-order valence-electron chi connectivity index (χ2n) is 7.58. The Morgan fingerprint density at radius 1 is 1.00 bits per heavy atom. The minimum absolute atomic E-state index is 0.00203. The van der Waals surface area contributed by atoms with Gasteiger partial charge in [-0.05, 0) is 0 Å². The van der Waals surface area contributed by atoms with Gasteiger partial charge in [-0.25, -0.2) is 0 Å². The van der Waals surface area contributed by atoms with E-state index in [0.29, 0.717) is 3.92 Å². The monoisotopic (exact) mass is 507 g/mol. The van der Waals surface area contributed by atoms with E-state index in [2.05, 4.69) is 79.8 Å². The van der Waals surface area contributed by atoms with E-state index in [0.717, 1.165) is 22.9 Å². The van der Waals surface area contributed by atoms with Gasteiger partial charge in [0.05, 0.1) is 0 Å². The van der Waals surface area contributed by atoms with Crippen LogP contribution in [0, 0.1) is 0 Å². The summed E-state index contributed by atoms with van der Waals surface area (Å²) in [7, 11) is 0. The zero-order valence-corrected chi connectivity index (χ0v) is 18.4. The Labute approximate surface area is 183 Å². The molecule has 0 spiro atoms. The fourth-order valence-electron chi connectivity index (χ4n) is 4.14. The first-order valence-corrected chi connectivity index (χ1v) is 12.7. The molecular formula is C23H20IN6-. The van der Waals surface area contributed by atoms with Crippen molar-refractivity contribution >= 4 is 27.9 Å². The summed E-state index contributed by atoms with van der Waals surface area (Å²) < 4.78 is 3.91. The number of aromatic nitrogens is 6. The average molecular weight is 507 g/mol. The van der Waals surface area contributed by atoms with Crippen LogP contribution >= 0.6 is 0 Å². The molecule has 3 aromatic heterocycles. The fourth-order valence-corrected chi connectivity index (χ4v) is 7.10. The number of nitrogens with one attached hydrogen (secondary N) is 2. The van der Waals surface area contributed by atoms with Crippen molar-refractivity contribution in [1.82, 2.24) is 30.2 Å². The van der Waals surface area contributed by atoms with Gasteiger partial charge in [0.1, 0.15) is 0 Å². The Kier molecular flexibility index (Phi) is 4.40. The van der Waals surface area contributed by atoms with Gasteiger partial charge in [0.25, 0.3) is 0 Å². The predicted octanol–water partition coefficient (Wildman–Crippen LogP) is 0.911. The Balaban J connectivity index is 1.19. The number of hydrogen-bond donors (Lipinski definition) is 2. The number of rotatable bonds is 5. The molecule has 1 atom stereocenters. The standard InChI is InChI=1S/C23H20IN6/c1-3-15(23-16(4-1)11-25-29-23)10-24-19-7-8-22-18(9-19)12-27-30(22)14-17-5-2-6-21-20(17)13-26-28-21/h1-8,11-13,19H,9-10,14H2,(H,25,29)(H,26,28)/q-1. The molecule has 0 fully saturated rings. The number of alkyl halides is 2. The van der Waals surface area contributed by atoms with Gasteiger partial charge in [0.2, 0.25) is 0 Å². The first-order chi connectivity index (χ1) is 14.8. The number of fused-ring (bicyclic) bond motifs is 3. The zero-order valence-electron chi connectivity index (χ0n) is 16.2. The van der Waals surface area contributed by atoms with Gasteiger partial charge in [0.15, 0.2) is 0 Å². The third kappa shape index (κ3) is 3.13. The van der Waals surface area contributed by atoms with E-state index in [1.165, 1.54) is 38.7 Å². The topological polar surface area (TPSA) is 75.2 Å². The molecule has 6 rings (SSSR count). The first kappa shape index (κ1) is 17.9. The maximum atomic E-state index is 4.70. The van der Waals surface area contributed by atoms with Crippen LogP contribution in [0.25, 0.3) is 27.9 Å². The molecule has 0 saturated heterocycles. The molecule has 7 heteroatoms. The van der Waals surface area contributed by atoms with Gasteiger partial charge in [-0.2, -0.15) is 0 Å². The Morgan fingerprint density at radius 3 is 2.90 bits per heavy atom. The SMILES string of the molecule is C1=CC([I-]Cc2cccc3cn[nH]c23)Cc2cnn(Cc3cccc4[nH]ncc34)c21. The van der Waals surface area contributed by atoms with Crippen molar-refractivity contribution in [2.24, 2.45) is 0 Å². The number of aromatic amines is 2. The normalized spacial score (nSPS) is 15.9. The van der Waals surface area contributed by atoms with Crippen LogP contribution in [-0.4, -0.2) is 34.1 Å². The molecule has 30 heavy (non-hydrogen) atoms. The molecule has 6 nitrogen and oxygen atoms in total. The number of benzene rings is 2. The molecule has 0 aliphatic heterocycles. The Morgan fingerprint density at radius 2 is 1.90 bits per heavy atom. The van der Waals surface area contributed by atoms with Crippen LogP contribution in [0.3, 0.4) is 0 Å². The van der Waals surface area contributed by atoms with Crippen molar-refractivity contribution < 1.29 is 21.2 Å². The van der Waals surface area contributed by atoms with E-state index in [1.807, 2.05) is 12.4 Å². The summed E-state index contributed by atoms with van der Waals surface area (Å²) in [5.41, 5.74) is 7.50. The number of para-hydroxylation sites is 1. The fraction of sp³-hybridized carbons (Fsp3) is 0.174. The van der Waals surface area contributed by atoms with Crippen molar-refractivity contribution in [3.05, 3.63) is 83.4 Å². The van der Waals surface area contributed by atoms with Crippen LogP contribution in [0.4, 0.5) is 0 Å². The average Bonchev–Trinajstić information content (AvgIpc) is 3.52. The van der Waals surface area contributed by atoms with E-state index in [9.17, 15) is 0 Å². The quantitative estimate of drug-likeness (QED) is 0.275. The van der Waals surface area contributed by atoms with Crippen LogP contribution in [0.5, 0.6) is 0 Å². The van der Waals surface area contributed by atoms with Gasteiger partial charge in [-0.3, -0.25) is 0 Å². The van der Waals surface area contributed by atoms with Gasteiger partial charge >= 0.3 is 184 Å². The Hall–Kier alpha value is -2.94. The molecule has 2 aromatic carbocycles. The van der Waals surface area contributed by atoms with Crippen LogP contribution in [0.2, 0.25) is 0 Å². The van der Waals surface area contributed by atoms with Gasteiger partial charge in [0, 0.05) is 0 Å².